The number of nitrogens with zero attached hydrogens (tertiary/aromatic N) is 3. The highest BCUT2D eigenvalue weighted by Gasteiger charge is 2.33. The van der Waals surface area contributed by atoms with E-state index in [1.54, 1.807) is 49.4 Å². The second-order valence-corrected chi connectivity index (χ2v) is 12.2. The molecule has 0 fully saturated rings. The third-order valence-electron chi connectivity index (χ3n) is 6.14. The fourth-order valence-corrected chi connectivity index (χ4v) is 5.41. The van der Waals surface area contributed by atoms with E-state index in [1.165, 1.54) is 48.4 Å². The standard InChI is InChI=1S/C29H34N4O7S/c1-21(28(35)30-29(2,3)4)31(19-22-11-17-25(40-5)18-12-22)27(34)20-32(23-13-15-24(16-14-23)33(36)37)41(38,39)26-9-7-6-8-10-26/h6-18,21H,19-20H2,1-5H3,(H,30,35). The van der Waals surface area contributed by atoms with E-state index in [4.69, 9.17) is 4.74 Å². The van der Waals surface area contributed by atoms with Crippen molar-refractivity contribution in [2.45, 2.75) is 50.7 Å². The molecule has 1 N–H and O–H groups in total. The number of carbonyl (C=O) groups excluding carboxylic acids is 2. The zero-order chi connectivity index (χ0) is 30.4. The molecule has 3 aromatic carbocycles. The number of amides is 2. The first-order valence-electron chi connectivity index (χ1n) is 12.8. The van der Waals surface area contributed by atoms with Gasteiger partial charge in [0.05, 0.1) is 22.6 Å². The Bertz CT molecular complexity index is 1470. The van der Waals surface area contributed by atoms with Crippen LogP contribution in [0.5, 0.6) is 5.75 Å². The van der Waals surface area contributed by atoms with Crippen molar-refractivity contribution in [3.63, 3.8) is 0 Å². The lowest BCUT2D eigenvalue weighted by atomic mass is 10.1. The topological polar surface area (TPSA) is 139 Å². The maximum atomic E-state index is 13.9. The van der Waals surface area contributed by atoms with Crippen LogP contribution in [-0.2, 0) is 26.2 Å². The van der Waals surface area contributed by atoms with Gasteiger partial charge < -0.3 is 15.0 Å². The van der Waals surface area contributed by atoms with E-state index in [-0.39, 0.29) is 22.8 Å². The van der Waals surface area contributed by atoms with Crippen molar-refractivity contribution in [3.8, 4) is 5.75 Å². The summed E-state index contributed by atoms with van der Waals surface area (Å²) in [5.74, 6) is -0.439. The number of hydrogen-bond donors (Lipinski definition) is 1. The molecule has 0 saturated heterocycles. The number of benzene rings is 3. The second-order valence-electron chi connectivity index (χ2n) is 10.4. The summed E-state index contributed by atoms with van der Waals surface area (Å²) in [4.78, 5) is 38.9. The van der Waals surface area contributed by atoms with Crippen LogP contribution in [0.1, 0.15) is 33.3 Å². The van der Waals surface area contributed by atoms with Crippen molar-refractivity contribution in [2.24, 2.45) is 0 Å². The van der Waals surface area contributed by atoms with Crippen molar-refractivity contribution in [1.82, 2.24) is 10.2 Å². The molecule has 0 heterocycles. The Hall–Kier alpha value is -4.45. The fraction of sp³-hybridized carbons (Fsp3) is 0.310. The summed E-state index contributed by atoms with van der Waals surface area (Å²) >= 11 is 0. The van der Waals surface area contributed by atoms with E-state index in [2.05, 4.69) is 5.32 Å². The largest absolute Gasteiger partial charge is 0.497 e. The first-order valence-corrected chi connectivity index (χ1v) is 14.2. The van der Waals surface area contributed by atoms with Crippen LogP contribution in [-0.4, -0.2) is 55.3 Å². The van der Waals surface area contributed by atoms with Gasteiger partial charge in [0.2, 0.25) is 11.8 Å². The van der Waals surface area contributed by atoms with Crippen molar-refractivity contribution >= 4 is 33.2 Å². The van der Waals surface area contributed by atoms with Crippen LogP contribution in [0, 0.1) is 10.1 Å². The van der Waals surface area contributed by atoms with E-state index in [1.807, 2.05) is 20.8 Å². The average Bonchev–Trinajstić information content (AvgIpc) is 2.94. The summed E-state index contributed by atoms with van der Waals surface area (Å²) in [6, 6.07) is 18.4. The molecule has 11 nitrogen and oxygen atoms in total. The van der Waals surface area contributed by atoms with Crippen LogP contribution in [0.2, 0.25) is 0 Å². The van der Waals surface area contributed by atoms with Crippen molar-refractivity contribution in [1.29, 1.82) is 0 Å². The lowest BCUT2D eigenvalue weighted by Crippen LogP contribution is -2.54. The zero-order valence-corrected chi connectivity index (χ0v) is 24.4. The first-order chi connectivity index (χ1) is 19.2. The molecule has 0 aromatic heterocycles. The van der Waals surface area contributed by atoms with Gasteiger partial charge in [0.15, 0.2) is 0 Å². The molecule has 0 aliphatic heterocycles. The number of anilines is 1. The van der Waals surface area contributed by atoms with Crippen LogP contribution in [0.15, 0.2) is 83.8 Å². The predicted molar refractivity (Wildman–Crippen MR) is 155 cm³/mol. The van der Waals surface area contributed by atoms with Gasteiger partial charge >= 0.3 is 0 Å². The molecule has 3 aromatic rings. The van der Waals surface area contributed by atoms with E-state index in [0.29, 0.717) is 11.3 Å². The van der Waals surface area contributed by atoms with Gasteiger partial charge in [-0.15, -0.1) is 0 Å². The van der Waals surface area contributed by atoms with Gasteiger partial charge in [-0.25, -0.2) is 8.42 Å². The van der Waals surface area contributed by atoms with Crippen LogP contribution < -0.4 is 14.4 Å². The second kappa shape index (κ2) is 12.8. The molecule has 0 aliphatic carbocycles. The molecule has 12 heteroatoms. The highest BCUT2D eigenvalue weighted by Crippen LogP contribution is 2.26. The van der Waals surface area contributed by atoms with Crippen molar-refractivity contribution < 1.29 is 27.7 Å². The molecule has 218 valence electrons. The van der Waals surface area contributed by atoms with Gasteiger partial charge in [-0.3, -0.25) is 24.0 Å². The van der Waals surface area contributed by atoms with E-state index in [0.717, 1.165) is 4.31 Å². The highest BCUT2D eigenvalue weighted by molar-refractivity contribution is 7.92. The summed E-state index contributed by atoms with van der Waals surface area (Å²) in [6.45, 7) is 6.38. The molecule has 1 unspecified atom stereocenters. The maximum absolute atomic E-state index is 13.9. The number of carbonyl (C=O) groups is 2. The molecule has 0 saturated carbocycles. The maximum Gasteiger partial charge on any atom is 0.269 e. The van der Waals surface area contributed by atoms with Gasteiger partial charge in [-0.1, -0.05) is 30.3 Å². The minimum absolute atomic E-state index is 0.0149. The molecule has 0 bridgehead atoms. The normalized spacial score (nSPS) is 12.2. The van der Waals surface area contributed by atoms with Gasteiger partial charge in [0, 0.05) is 24.2 Å². The van der Waals surface area contributed by atoms with Crippen molar-refractivity contribution in [3.05, 3.63) is 94.5 Å². The van der Waals surface area contributed by atoms with Gasteiger partial charge in [0.25, 0.3) is 15.7 Å². The summed E-state index contributed by atoms with van der Waals surface area (Å²) in [5, 5.41) is 14.1. The van der Waals surface area contributed by atoms with Gasteiger partial charge in [-0.05, 0) is 69.7 Å². The van der Waals surface area contributed by atoms with E-state index in [9.17, 15) is 28.1 Å². The highest BCUT2D eigenvalue weighted by atomic mass is 32.2. The Morgan fingerprint density at radius 3 is 2.07 bits per heavy atom. The number of non-ortho nitro benzene ring substituents is 1. The predicted octanol–water partition coefficient (Wildman–Crippen LogP) is 4.13. The Balaban J connectivity index is 2.04. The molecular formula is C29H34N4O7S. The number of hydrogen-bond acceptors (Lipinski definition) is 7. The smallest absolute Gasteiger partial charge is 0.269 e. The summed E-state index contributed by atoms with van der Waals surface area (Å²) in [5.41, 5.74) is -0.0428. The first kappa shape index (κ1) is 31.1. The number of methoxy groups -OCH3 is 1. The molecule has 2 amide bonds. The van der Waals surface area contributed by atoms with E-state index >= 15 is 0 Å². The zero-order valence-electron chi connectivity index (χ0n) is 23.6. The number of nitro groups is 1. The van der Waals surface area contributed by atoms with Crippen LogP contribution in [0.3, 0.4) is 0 Å². The summed E-state index contributed by atoms with van der Waals surface area (Å²) < 4.78 is 33.6. The van der Waals surface area contributed by atoms with Gasteiger partial charge in [-0.2, -0.15) is 0 Å². The summed E-state index contributed by atoms with van der Waals surface area (Å²) in [6.07, 6.45) is 0. The minimum Gasteiger partial charge on any atom is -0.497 e. The Kier molecular flexibility index (Phi) is 9.71. The monoisotopic (exact) mass is 582 g/mol. The SMILES string of the molecule is COc1ccc(CN(C(=O)CN(c2ccc([N+](=O)[O-])cc2)S(=O)(=O)c2ccccc2)C(C)C(=O)NC(C)(C)C)cc1. The summed E-state index contributed by atoms with van der Waals surface area (Å²) in [7, 11) is -2.74. The minimum atomic E-state index is -4.27. The molecule has 41 heavy (non-hydrogen) atoms. The molecule has 0 radical (unpaired) electrons. The number of rotatable bonds is 11. The Labute approximate surface area is 239 Å². The van der Waals surface area contributed by atoms with Crippen molar-refractivity contribution in [2.75, 3.05) is 18.0 Å². The molecule has 0 spiro atoms. The number of nitro benzene ring substituents is 1. The van der Waals surface area contributed by atoms with Crippen LogP contribution >= 0.6 is 0 Å². The quantitative estimate of drug-likeness (QED) is 0.265. The third kappa shape index (κ3) is 8.04. The number of ether oxygens (including phenoxy) is 1. The van der Waals surface area contributed by atoms with Gasteiger partial charge in [0.1, 0.15) is 18.3 Å². The van der Waals surface area contributed by atoms with E-state index < -0.39 is 44.9 Å². The third-order valence-corrected chi connectivity index (χ3v) is 7.92. The van der Waals surface area contributed by atoms with Crippen LogP contribution in [0.25, 0.3) is 0 Å². The molecular weight excluding hydrogens is 548 g/mol. The Morgan fingerprint density at radius 1 is 0.976 bits per heavy atom. The number of nitrogens with one attached hydrogen (secondary N) is 1. The molecule has 0 aliphatic rings. The molecule has 1 atom stereocenters. The lowest BCUT2D eigenvalue weighted by Gasteiger charge is -2.33. The number of sulfonamides is 1. The fourth-order valence-electron chi connectivity index (χ4n) is 3.97. The average molecular weight is 583 g/mol. The van der Waals surface area contributed by atoms with Crippen LogP contribution in [0.4, 0.5) is 11.4 Å². The molecule has 3 rings (SSSR count). The lowest BCUT2D eigenvalue weighted by molar-refractivity contribution is -0.384. The Morgan fingerprint density at radius 2 is 1.56 bits per heavy atom.